The zero-order chi connectivity index (χ0) is 19.0. The lowest BCUT2D eigenvalue weighted by Crippen LogP contribution is -2.45. The van der Waals surface area contributed by atoms with E-state index in [4.69, 9.17) is 21.1 Å². The summed E-state index contributed by atoms with van der Waals surface area (Å²) in [5, 5.41) is 5.86. The molecule has 136 valence electrons. The van der Waals surface area contributed by atoms with E-state index in [0.29, 0.717) is 19.6 Å². The molecule has 0 saturated heterocycles. The summed E-state index contributed by atoms with van der Waals surface area (Å²) in [6.07, 6.45) is 0. The maximum absolute atomic E-state index is 12.3. The zero-order valence-corrected chi connectivity index (χ0v) is 15.3. The van der Waals surface area contributed by atoms with E-state index in [1.54, 1.807) is 6.07 Å². The standard InChI is InChI=1S/C19H16BClN2O4/c1-20-13-8-10(6-7-15(13)27-18(21)24)16-12-9-26-14-5-3-2-4-11(14)17(12)23-19(25)22-16/h2-8,16,20H,9H2,1H3,(H2,22,23,25). The number of fused-ring (bicyclic) bond motifs is 2. The van der Waals surface area contributed by atoms with Crippen molar-refractivity contribution in [2.24, 2.45) is 0 Å². The second-order valence-corrected chi connectivity index (χ2v) is 6.59. The van der Waals surface area contributed by atoms with Crippen molar-refractivity contribution in [1.29, 1.82) is 0 Å². The van der Waals surface area contributed by atoms with Gasteiger partial charge in [-0.3, -0.25) is 0 Å². The number of halogens is 1. The highest BCUT2D eigenvalue weighted by Crippen LogP contribution is 2.38. The number of nitrogens with one attached hydrogen (secondary N) is 2. The van der Waals surface area contributed by atoms with Gasteiger partial charge in [-0.2, -0.15) is 0 Å². The molecule has 0 fully saturated rings. The molecule has 1 atom stereocenters. The molecule has 2 aliphatic rings. The first-order chi connectivity index (χ1) is 13.1. The maximum Gasteiger partial charge on any atom is 0.409 e. The first-order valence-electron chi connectivity index (χ1n) is 8.59. The number of amides is 2. The Kier molecular flexibility index (Phi) is 4.53. The van der Waals surface area contributed by atoms with Gasteiger partial charge in [0, 0.05) is 22.7 Å². The van der Waals surface area contributed by atoms with Crippen molar-refractivity contribution in [2.75, 3.05) is 6.61 Å². The molecule has 2 amide bonds. The number of hydrogen-bond donors (Lipinski definition) is 2. The molecule has 2 heterocycles. The number of hydrogen-bond acceptors (Lipinski definition) is 4. The normalized spacial score (nSPS) is 17.7. The molecule has 2 aliphatic heterocycles. The molecule has 0 aliphatic carbocycles. The summed E-state index contributed by atoms with van der Waals surface area (Å²) in [5.41, 5.74) is 3.41. The Morgan fingerprint density at radius 3 is 2.89 bits per heavy atom. The highest BCUT2D eigenvalue weighted by molar-refractivity contribution is 6.61. The lowest BCUT2D eigenvalue weighted by atomic mass is 9.71. The third kappa shape index (κ3) is 3.26. The lowest BCUT2D eigenvalue weighted by molar-refractivity contribution is 0.226. The first kappa shape index (κ1) is 17.5. The third-order valence-electron chi connectivity index (χ3n) is 4.71. The third-order valence-corrected chi connectivity index (χ3v) is 4.79. The minimum Gasteiger partial charge on any atom is -0.488 e. The highest BCUT2D eigenvalue weighted by atomic mass is 35.5. The van der Waals surface area contributed by atoms with Crippen LogP contribution in [0.3, 0.4) is 0 Å². The molecule has 2 aromatic rings. The van der Waals surface area contributed by atoms with Crippen LogP contribution in [0.15, 0.2) is 48.0 Å². The summed E-state index contributed by atoms with van der Waals surface area (Å²) in [6.45, 7) is 2.32. The molecule has 0 aromatic heterocycles. The predicted octanol–water partition coefficient (Wildman–Crippen LogP) is 2.69. The molecule has 8 heteroatoms. The molecule has 0 spiro atoms. The molecular weight excluding hydrogens is 366 g/mol. The van der Waals surface area contributed by atoms with E-state index in [-0.39, 0.29) is 12.1 Å². The average Bonchev–Trinajstić information content (AvgIpc) is 2.67. The predicted molar refractivity (Wildman–Crippen MR) is 104 cm³/mol. The van der Waals surface area contributed by atoms with Crippen molar-refractivity contribution in [3.8, 4) is 11.5 Å². The van der Waals surface area contributed by atoms with Crippen molar-refractivity contribution in [3.05, 3.63) is 59.2 Å². The molecule has 2 aromatic carbocycles. The van der Waals surface area contributed by atoms with Gasteiger partial charge in [0.1, 0.15) is 18.1 Å². The van der Waals surface area contributed by atoms with Gasteiger partial charge in [0.15, 0.2) is 7.28 Å². The molecule has 0 saturated carbocycles. The SMILES string of the molecule is CBc1cc(C2NC(=O)NC3=C2COc2ccccc23)ccc1OC(=O)Cl. The Labute approximate surface area is 161 Å². The van der Waals surface area contributed by atoms with Crippen LogP contribution in [-0.2, 0) is 0 Å². The number of benzene rings is 2. The van der Waals surface area contributed by atoms with Crippen molar-refractivity contribution in [2.45, 2.75) is 12.9 Å². The van der Waals surface area contributed by atoms with Gasteiger partial charge in [-0.1, -0.05) is 31.1 Å². The Morgan fingerprint density at radius 1 is 1.30 bits per heavy atom. The fourth-order valence-electron chi connectivity index (χ4n) is 3.47. The summed E-state index contributed by atoms with van der Waals surface area (Å²) in [4.78, 5) is 23.4. The van der Waals surface area contributed by atoms with Crippen molar-refractivity contribution >= 4 is 41.5 Å². The Hall–Kier alpha value is -2.93. The number of urea groups is 1. The van der Waals surface area contributed by atoms with Gasteiger partial charge >= 0.3 is 11.5 Å². The van der Waals surface area contributed by atoms with Crippen LogP contribution in [0.1, 0.15) is 17.2 Å². The molecular formula is C19H16BClN2O4. The second kappa shape index (κ2) is 7.00. The van der Waals surface area contributed by atoms with Crippen molar-refractivity contribution in [3.63, 3.8) is 0 Å². The van der Waals surface area contributed by atoms with Gasteiger partial charge in [0.2, 0.25) is 0 Å². The van der Waals surface area contributed by atoms with Crippen LogP contribution >= 0.6 is 11.6 Å². The smallest absolute Gasteiger partial charge is 0.409 e. The Balaban J connectivity index is 1.77. The van der Waals surface area contributed by atoms with E-state index in [9.17, 15) is 9.59 Å². The van der Waals surface area contributed by atoms with Crippen LogP contribution in [-0.4, -0.2) is 25.3 Å². The Bertz CT molecular complexity index is 976. The van der Waals surface area contributed by atoms with Gasteiger partial charge in [0.25, 0.3) is 0 Å². The van der Waals surface area contributed by atoms with Crippen LogP contribution in [0, 0.1) is 0 Å². The number of carbonyl (C=O) groups excluding carboxylic acids is 2. The van der Waals surface area contributed by atoms with Crippen LogP contribution in [0.25, 0.3) is 5.70 Å². The van der Waals surface area contributed by atoms with Crippen molar-refractivity contribution < 1.29 is 19.1 Å². The number of rotatable bonds is 3. The van der Waals surface area contributed by atoms with Gasteiger partial charge in [-0.05, 0) is 29.2 Å². The molecule has 0 radical (unpaired) electrons. The topological polar surface area (TPSA) is 76.7 Å². The minimum absolute atomic E-state index is 0.273. The van der Waals surface area contributed by atoms with Crippen LogP contribution < -0.4 is 25.6 Å². The van der Waals surface area contributed by atoms with E-state index < -0.39 is 5.43 Å². The van der Waals surface area contributed by atoms with Gasteiger partial charge in [0.05, 0.1) is 11.7 Å². The molecule has 27 heavy (non-hydrogen) atoms. The van der Waals surface area contributed by atoms with Crippen LogP contribution in [0.5, 0.6) is 11.5 Å². The fourth-order valence-corrected chi connectivity index (χ4v) is 3.55. The average molecular weight is 383 g/mol. The van der Waals surface area contributed by atoms with E-state index >= 15 is 0 Å². The number of carbonyl (C=O) groups is 2. The molecule has 2 N–H and O–H groups in total. The molecule has 6 nitrogen and oxygen atoms in total. The van der Waals surface area contributed by atoms with Crippen LogP contribution in [0.4, 0.5) is 9.59 Å². The molecule has 4 rings (SSSR count). The second-order valence-electron chi connectivity index (χ2n) is 6.28. The Morgan fingerprint density at radius 2 is 2.11 bits per heavy atom. The number of ether oxygens (including phenoxy) is 2. The maximum atomic E-state index is 12.3. The quantitative estimate of drug-likeness (QED) is 0.632. The lowest BCUT2D eigenvalue weighted by Gasteiger charge is -2.34. The monoisotopic (exact) mass is 382 g/mol. The molecule has 0 bridgehead atoms. The van der Waals surface area contributed by atoms with Gasteiger partial charge in [-0.15, -0.1) is 0 Å². The molecule has 1 unspecified atom stereocenters. The van der Waals surface area contributed by atoms with Gasteiger partial charge < -0.3 is 20.1 Å². The minimum atomic E-state index is -0.880. The fraction of sp³-hybridized carbons (Fsp3) is 0.158. The summed E-state index contributed by atoms with van der Waals surface area (Å²) in [6, 6.07) is 12.4. The van der Waals surface area contributed by atoms with E-state index in [2.05, 4.69) is 10.6 Å². The largest absolute Gasteiger partial charge is 0.488 e. The zero-order valence-electron chi connectivity index (χ0n) is 14.5. The van der Waals surface area contributed by atoms with Crippen molar-refractivity contribution in [1.82, 2.24) is 10.6 Å². The van der Waals surface area contributed by atoms with Crippen LogP contribution in [0.2, 0.25) is 6.82 Å². The van der Waals surface area contributed by atoms with E-state index in [1.807, 2.05) is 43.2 Å². The van der Waals surface area contributed by atoms with E-state index in [1.165, 1.54) is 0 Å². The first-order valence-corrected chi connectivity index (χ1v) is 8.97. The summed E-state index contributed by atoms with van der Waals surface area (Å²) in [7, 11) is 0.650. The van der Waals surface area contributed by atoms with Gasteiger partial charge in [-0.25, -0.2) is 9.59 Å². The summed E-state index contributed by atoms with van der Waals surface area (Å²) < 4.78 is 10.9. The highest BCUT2D eigenvalue weighted by Gasteiger charge is 2.33. The number of para-hydroxylation sites is 1. The van der Waals surface area contributed by atoms with E-state index in [0.717, 1.165) is 33.6 Å². The summed E-state index contributed by atoms with van der Waals surface area (Å²) >= 11 is 5.34. The summed E-state index contributed by atoms with van der Waals surface area (Å²) in [5.74, 6) is 1.16.